The van der Waals surface area contributed by atoms with E-state index in [1.165, 1.54) is 0 Å². The van der Waals surface area contributed by atoms with Gasteiger partial charge in [0.1, 0.15) is 0 Å². The summed E-state index contributed by atoms with van der Waals surface area (Å²) in [5.74, 6) is -1.23. The van der Waals surface area contributed by atoms with Gasteiger partial charge in [0.15, 0.2) is 0 Å². The molecule has 1 atom stereocenters. The van der Waals surface area contributed by atoms with Crippen LogP contribution in [-0.2, 0) is 16.0 Å². The zero-order valence-corrected chi connectivity index (χ0v) is 12.6. The van der Waals surface area contributed by atoms with E-state index in [1.54, 1.807) is 4.90 Å². The Bertz CT molecular complexity index is 720. The lowest BCUT2D eigenvalue weighted by Crippen LogP contribution is -2.42. The number of aliphatic carboxylic acids is 1. The van der Waals surface area contributed by atoms with Crippen LogP contribution in [0.4, 0.5) is 0 Å². The van der Waals surface area contributed by atoms with Crippen molar-refractivity contribution in [2.45, 2.75) is 26.2 Å². The lowest BCUT2D eigenvalue weighted by Gasteiger charge is -2.30. The molecule has 1 aromatic carbocycles. The fourth-order valence-electron chi connectivity index (χ4n) is 3.19. The Morgan fingerprint density at radius 2 is 2.23 bits per heavy atom. The number of carbonyl (C=O) groups excluding carboxylic acids is 1. The lowest BCUT2D eigenvalue weighted by atomic mass is 9.97. The molecular formula is C17H20N2O3. The minimum Gasteiger partial charge on any atom is -0.481 e. The third kappa shape index (κ3) is 2.71. The standard InChI is InChI=1S/C17H20N2O3/c1-11-4-2-6-14-13(9-18-16(11)14)8-15(20)19-7-3-5-12(10-19)17(21)22/h2,4,6,9,12,18H,3,5,7-8,10H2,1H3,(H,21,22). The fraction of sp³-hybridized carbons (Fsp3) is 0.412. The molecule has 116 valence electrons. The quantitative estimate of drug-likeness (QED) is 0.913. The molecule has 2 aromatic rings. The van der Waals surface area contributed by atoms with Gasteiger partial charge in [0.2, 0.25) is 5.91 Å². The van der Waals surface area contributed by atoms with Crippen LogP contribution in [0.5, 0.6) is 0 Å². The van der Waals surface area contributed by atoms with Gasteiger partial charge in [-0.1, -0.05) is 18.2 Å². The summed E-state index contributed by atoms with van der Waals surface area (Å²) in [4.78, 5) is 28.5. The van der Waals surface area contributed by atoms with E-state index in [0.717, 1.165) is 28.5 Å². The number of fused-ring (bicyclic) bond motifs is 1. The van der Waals surface area contributed by atoms with Crippen LogP contribution in [-0.4, -0.2) is 40.0 Å². The van der Waals surface area contributed by atoms with Crippen molar-refractivity contribution in [3.63, 3.8) is 0 Å². The van der Waals surface area contributed by atoms with Crippen molar-refractivity contribution in [1.29, 1.82) is 0 Å². The number of rotatable bonds is 3. The maximum atomic E-state index is 12.5. The molecular weight excluding hydrogens is 280 g/mol. The summed E-state index contributed by atoms with van der Waals surface area (Å²) in [6.07, 6.45) is 3.62. The zero-order valence-electron chi connectivity index (χ0n) is 12.6. The van der Waals surface area contributed by atoms with Crippen molar-refractivity contribution in [1.82, 2.24) is 9.88 Å². The molecule has 1 aliphatic heterocycles. The average molecular weight is 300 g/mol. The van der Waals surface area contributed by atoms with Gasteiger partial charge in [-0.3, -0.25) is 9.59 Å². The van der Waals surface area contributed by atoms with Crippen molar-refractivity contribution in [2.75, 3.05) is 13.1 Å². The van der Waals surface area contributed by atoms with Crippen LogP contribution >= 0.6 is 0 Å². The van der Waals surface area contributed by atoms with Crippen LogP contribution in [0.2, 0.25) is 0 Å². The summed E-state index contributed by atoms with van der Waals surface area (Å²) < 4.78 is 0. The minimum atomic E-state index is -0.805. The largest absolute Gasteiger partial charge is 0.481 e. The lowest BCUT2D eigenvalue weighted by molar-refractivity contribution is -0.145. The summed E-state index contributed by atoms with van der Waals surface area (Å²) in [7, 11) is 0. The molecule has 1 fully saturated rings. The number of likely N-dealkylation sites (tertiary alicyclic amines) is 1. The van der Waals surface area contributed by atoms with Crippen LogP contribution < -0.4 is 0 Å². The highest BCUT2D eigenvalue weighted by atomic mass is 16.4. The van der Waals surface area contributed by atoms with E-state index >= 15 is 0 Å². The van der Waals surface area contributed by atoms with Crippen molar-refractivity contribution in [2.24, 2.45) is 5.92 Å². The third-order valence-electron chi connectivity index (χ3n) is 4.47. The topological polar surface area (TPSA) is 73.4 Å². The Kier molecular flexibility index (Phi) is 3.88. The minimum absolute atomic E-state index is 0.00774. The number of aromatic amines is 1. The SMILES string of the molecule is Cc1cccc2c(CC(=O)N3CCCC(C(=O)O)C3)c[nH]c12. The number of benzene rings is 1. The number of carboxylic acids is 1. The number of hydrogen-bond acceptors (Lipinski definition) is 2. The summed E-state index contributed by atoms with van der Waals surface area (Å²) in [5.41, 5.74) is 3.19. The average Bonchev–Trinajstić information content (AvgIpc) is 2.92. The Hall–Kier alpha value is -2.30. The number of para-hydroxylation sites is 1. The van der Waals surface area contributed by atoms with Gasteiger partial charge in [-0.25, -0.2) is 0 Å². The Balaban J connectivity index is 1.76. The van der Waals surface area contributed by atoms with Gasteiger partial charge in [0.05, 0.1) is 12.3 Å². The number of nitrogens with one attached hydrogen (secondary N) is 1. The van der Waals surface area contributed by atoms with Gasteiger partial charge in [-0.2, -0.15) is 0 Å². The molecule has 1 saturated heterocycles. The number of piperidine rings is 1. The fourth-order valence-corrected chi connectivity index (χ4v) is 3.19. The first kappa shape index (κ1) is 14.6. The molecule has 3 rings (SSSR count). The summed E-state index contributed by atoms with van der Waals surface area (Å²) in [5, 5.41) is 10.2. The monoisotopic (exact) mass is 300 g/mol. The van der Waals surface area contributed by atoms with Crippen molar-refractivity contribution in [3.8, 4) is 0 Å². The summed E-state index contributed by atoms with van der Waals surface area (Å²) in [6.45, 7) is 3.02. The molecule has 5 heteroatoms. The molecule has 0 saturated carbocycles. The van der Waals surface area contributed by atoms with E-state index in [9.17, 15) is 9.59 Å². The molecule has 0 spiro atoms. The normalized spacial score (nSPS) is 18.6. The maximum absolute atomic E-state index is 12.5. The molecule has 2 heterocycles. The number of carbonyl (C=O) groups is 2. The van der Waals surface area contributed by atoms with Crippen molar-refractivity contribution in [3.05, 3.63) is 35.5 Å². The van der Waals surface area contributed by atoms with Gasteiger partial charge in [0.25, 0.3) is 0 Å². The van der Waals surface area contributed by atoms with Crippen LogP contribution in [0.15, 0.2) is 24.4 Å². The zero-order chi connectivity index (χ0) is 15.7. The molecule has 0 bridgehead atoms. The summed E-state index contributed by atoms with van der Waals surface area (Å²) >= 11 is 0. The van der Waals surface area contributed by atoms with Gasteiger partial charge < -0.3 is 15.0 Å². The van der Waals surface area contributed by atoms with Crippen LogP contribution in [0, 0.1) is 12.8 Å². The number of carboxylic acid groups (broad SMARTS) is 1. The van der Waals surface area contributed by atoms with Gasteiger partial charge >= 0.3 is 5.97 Å². The second-order valence-corrected chi connectivity index (χ2v) is 6.01. The highest BCUT2D eigenvalue weighted by Crippen LogP contribution is 2.23. The number of hydrogen-bond donors (Lipinski definition) is 2. The number of aromatic nitrogens is 1. The Morgan fingerprint density at radius 1 is 1.41 bits per heavy atom. The Labute approximate surface area is 128 Å². The number of aryl methyl sites for hydroxylation is 1. The van der Waals surface area contributed by atoms with Crippen molar-refractivity contribution < 1.29 is 14.7 Å². The van der Waals surface area contributed by atoms with E-state index in [4.69, 9.17) is 5.11 Å². The van der Waals surface area contributed by atoms with Crippen LogP contribution in [0.3, 0.4) is 0 Å². The molecule has 22 heavy (non-hydrogen) atoms. The maximum Gasteiger partial charge on any atom is 0.308 e. The molecule has 1 amide bonds. The second kappa shape index (κ2) is 5.83. The predicted octanol–water partition coefficient (Wildman–Crippen LogP) is 2.34. The van der Waals surface area contributed by atoms with Gasteiger partial charge in [-0.05, 0) is 30.9 Å². The van der Waals surface area contributed by atoms with E-state index in [1.807, 2.05) is 31.3 Å². The highest BCUT2D eigenvalue weighted by Gasteiger charge is 2.28. The third-order valence-corrected chi connectivity index (χ3v) is 4.47. The van der Waals surface area contributed by atoms with E-state index in [0.29, 0.717) is 25.9 Å². The predicted molar refractivity (Wildman–Crippen MR) is 83.7 cm³/mol. The highest BCUT2D eigenvalue weighted by molar-refractivity contribution is 5.90. The van der Waals surface area contributed by atoms with Gasteiger partial charge in [-0.15, -0.1) is 0 Å². The molecule has 0 aliphatic carbocycles. The first-order valence-electron chi connectivity index (χ1n) is 7.62. The Morgan fingerprint density at radius 3 is 3.00 bits per heavy atom. The second-order valence-electron chi connectivity index (χ2n) is 6.01. The number of amides is 1. The van der Waals surface area contributed by atoms with E-state index in [-0.39, 0.29) is 5.91 Å². The molecule has 1 aromatic heterocycles. The smallest absolute Gasteiger partial charge is 0.308 e. The molecule has 2 N–H and O–H groups in total. The first-order valence-corrected chi connectivity index (χ1v) is 7.62. The summed E-state index contributed by atoms with van der Waals surface area (Å²) in [6, 6.07) is 6.03. The molecule has 1 unspecified atom stereocenters. The number of H-pyrrole nitrogens is 1. The van der Waals surface area contributed by atoms with Crippen LogP contribution in [0.1, 0.15) is 24.0 Å². The van der Waals surface area contributed by atoms with Gasteiger partial charge in [0, 0.05) is 30.2 Å². The molecule has 1 aliphatic rings. The number of nitrogens with zero attached hydrogens (tertiary/aromatic N) is 1. The molecule has 5 nitrogen and oxygen atoms in total. The van der Waals surface area contributed by atoms with E-state index in [2.05, 4.69) is 4.98 Å². The van der Waals surface area contributed by atoms with E-state index < -0.39 is 11.9 Å². The van der Waals surface area contributed by atoms with Crippen LogP contribution in [0.25, 0.3) is 10.9 Å². The van der Waals surface area contributed by atoms with Crippen molar-refractivity contribution >= 4 is 22.8 Å². The first-order chi connectivity index (χ1) is 10.6. The molecule has 0 radical (unpaired) electrons.